The summed E-state index contributed by atoms with van der Waals surface area (Å²) in [4.78, 5) is 5.09. The molecule has 0 saturated carbocycles. The van der Waals surface area contributed by atoms with Crippen LogP contribution in [0.5, 0.6) is 0 Å². The van der Waals surface area contributed by atoms with Crippen LogP contribution in [0.4, 0.5) is 0 Å². The summed E-state index contributed by atoms with van der Waals surface area (Å²) in [6.45, 7) is 8.72. The Morgan fingerprint density at radius 2 is 1.95 bits per heavy atom. The minimum Gasteiger partial charge on any atom is -0.389 e. The van der Waals surface area contributed by atoms with E-state index in [0.717, 1.165) is 19.6 Å². The molecule has 0 aromatic rings. The van der Waals surface area contributed by atoms with Crippen LogP contribution in [0.25, 0.3) is 0 Å². The molecular weight excluding hydrogens is 240 g/mol. The van der Waals surface area contributed by atoms with Crippen molar-refractivity contribution in [2.75, 3.05) is 45.9 Å². The Morgan fingerprint density at radius 3 is 2.68 bits per heavy atom. The maximum atomic E-state index is 9.95. The highest BCUT2D eigenvalue weighted by Crippen LogP contribution is 2.20. The fourth-order valence-electron chi connectivity index (χ4n) is 3.38. The third-order valence-corrected chi connectivity index (χ3v) is 4.37. The molecule has 2 rings (SSSR count). The number of rotatable bonds is 6. The Balaban J connectivity index is 1.73. The van der Waals surface area contributed by atoms with Gasteiger partial charge in [-0.1, -0.05) is 6.42 Å². The van der Waals surface area contributed by atoms with Gasteiger partial charge < -0.3 is 9.84 Å². The molecule has 112 valence electrons. The quantitative estimate of drug-likeness (QED) is 0.790. The number of piperidine rings is 2. The number of likely N-dealkylation sites (tertiary alicyclic amines) is 2. The van der Waals surface area contributed by atoms with E-state index in [-0.39, 0.29) is 6.10 Å². The topological polar surface area (TPSA) is 35.9 Å². The van der Waals surface area contributed by atoms with E-state index in [2.05, 4.69) is 9.80 Å². The summed E-state index contributed by atoms with van der Waals surface area (Å²) in [5.74, 6) is 0. The monoisotopic (exact) mass is 270 g/mol. The lowest BCUT2D eigenvalue weighted by molar-refractivity contribution is 0.00506. The Bertz CT molecular complexity index is 244. The van der Waals surface area contributed by atoms with E-state index < -0.39 is 0 Å². The van der Waals surface area contributed by atoms with E-state index in [1.807, 2.05) is 6.92 Å². The lowest BCUT2D eigenvalue weighted by Gasteiger charge is -2.41. The predicted octanol–water partition coefficient (Wildman–Crippen LogP) is 1.33. The van der Waals surface area contributed by atoms with Crippen LogP contribution in [0.3, 0.4) is 0 Å². The molecular formula is C15H30N2O2. The third-order valence-electron chi connectivity index (χ3n) is 4.37. The lowest BCUT2D eigenvalue weighted by Crippen LogP contribution is -2.51. The lowest BCUT2D eigenvalue weighted by atomic mass is 10.0. The maximum Gasteiger partial charge on any atom is 0.0900 e. The van der Waals surface area contributed by atoms with Crippen molar-refractivity contribution in [1.29, 1.82) is 0 Å². The SMILES string of the molecule is CCOC[C@H](O)CN1CCC[C@H](N2CCCCC2)C1. The van der Waals surface area contributed by atoms with E-state index >= 15 is 0 Å². The molecule has 0 unspecified atom stereocenters. The van der Waals surface area contributed by atoms with Crippen molar-refractivity contribution in [2.45, 2.75) is 51.2 Å². The number of ether oxygens (including phenoxy) is 1. The third kappa shape index (κ3) is 5.03. The van der Waals surface area contributed by atoms with Crippen molar-refractivity contribution >= 4 is 0 Å². The summed E-state index contributed by atoms with van der Waals surface area (Å²) >= 11 is 0. The van der Waals surface area contributed by atoms with Gasteiger partial charge in [0, 0.05) is 25.7 Å². The van der Waals surface area contributed by atoms with Crippen molar-refractivity contribution < 1.29 is 9.84 Å². The summed E-state index contributed by atoms with van der Waals surface area (Å²) in [7, 11) is 0. The number of nitrogens with zero attached hydrogens (tertiary/aromatic N) is 2. The Labute approximate surface area is 117 Å². The summed E-state index contributed by atoms with van der Waals surface area (Å²) < 4.78 is 5.29. The normalized spacial score (nSPS) is 28.4. The number of aliphatic hydroxyl groups is 1. The molecule has 2 atom stereocenters. The molecule has 0 aliphatic carbocycles. The van der Waals surface area contributed by atoms with E-state index in [1.165, 1.54) is 45.2 Å². The van der Waals surface area contributed by atoms with Gasteiger partial charge in [0.1, 0.15) is 0 Å². The van der Waals surface area contributed by atoms with Gasteiger partial charge in [0.15, 0.2) is 0 Å². The summed E-state index contributed by atoms with van der Waals surface area (Å²) in [5.41, 5.74) is 0. The first-order valence-electron chi connectivity index (χ1n) is 8.01. The van der Waals surface area contributed by atoms with Gasteiger partial charge in [-0.25, -0.2) is 0 Å². The van der Waals surface area contributed by atoms with Gasteiger partial charge >= 0.3 is 0 Å². The van der Waals surface area contributed by atoms with Gasteiger partial charge in [0.2, 0.25) is 0 Å². The highest BCUT2D eigenvalue weighted by Gasteiger charge is 2.27. The second-order valence-electron chi connectivity index (χ2n) is 5.97. The fraction of sp³-hybridized carbons (Fsp3) is 1.00. The molecule has 0 radical (unpaired) electrons. The molecule has 4 heteroatoms. The molecule has 19 heavy (non-hydrogen) atoms. The van der Waals surface area contributed by atoms with Crippen LogP contribution in [0.2, 0.25) is 0 Å². The molecule has 4 nitrogen and oxygen atoms in total. The highest BCUT2D eigenvalue weighted by molar-refractivity contribution is 4.83. The minimum absolute atomic E-state index is 0.333. The van der Waals surface area contributed by atoms with Crippen molar-refractivity contribution in [3.63, 3.8) is 0 Å². The van der Waals surface area contributed by atoms with Crippen LogP contribution in [0.15, 0.2) is 0 Å². The van der Waals surface area contributed by atoms with E-state index in [9.17, 15) is 5.11 Å². The average Bonchev–Trinajstić information content (AvgIpc) is 2.46. The second kappa shape index (κ2) is 8.20. The van der Waals surface area contributed by atoms with Gasteiger partial charge in [-0.3, -0.25) is 9.80 Å². The summed E-state index contributed by atoms with van der Waals surface area (Å²) in [5, 5.41) is 9.95. The maximum absolute atomic E-state index is 9.95. The van der Waals surface area contributed by atoms with Crippen LogP contribution >= 0.6 is 0 Å². The van der Waals surface area contributed by atoms with Crippen molar-refractivity contribution in [3.8, 4) is 0 Å². The molecule has 0 aromatic carbocycles. The van der Waals surface area contributed by atoms with Gasteiger partial charge in [0.25, 0.3) is 0 Å². The van der Waals surface area contributed by atoms with E-state index in [1.54, 1.807) is 0 Å². The predicted molar refractivity (Wildman–Crippen MR) is 77.4 cm³/mol. The molecule has 0 aromatic heterocycles. The number of hydrogen-bond acceptors (Lipinski definition) is 4. The van der Waals surface area contributed by atoms with Crippen LogP contribution < -0.4 is 0 Å². The summed E-state index contributed by atoms with van der Waals surface area (Å²) in [6, 6.07) is 0.716. The average molecular weight is 270 g/mol. The van der Waals surface area contributed by atoms with Gasteiger partial charge in [-0.2, -0.15) is 0 Å². The van der Waals surface area contributed by atoms with Gasteiger partial charge in [0.05, 0.1) is 12.7 Å². The zero-order valence-electron chi connectivity index (χ0n) is 12.4. The van der Waals surface area contributed by atoms with Crippen molar-refractivity contribution in [2.24, 2.45) is 0 Å². The largest absolute Gasteiger partial charge is 0.389 e. The Hall–Kier alpha value is -0.160. The van der Waals surface area contributed by atoms with Crippen molar-refractivity contribution in [3.05, 3.63) is 0 Å². The first-order chi connectivity index (χ1) is 9.29. The first kappa shape index (κ1) is 15.2. The van der Waals surface area contributed by atoms with Crippen molar-refractivity contribution in [1.82, 2.24) is 9.80 Å². The molecule has 2 aliphatic rings. The van der Waals surface area contributed by atoms with Crippen LogP contribution in [-0.4, -0.2) is 73.0 Å². The smallest absolute Gasteiger partial charge is 0.0900 e. The molecule has 1 N–H and O–H groups in total. The van der Waals surface area contributed by atoms with Gasteiger partial charge in [-0.05, 0) is 52.2 Å². The fourth-order valence-corrected chi connectivity index (χ4v) is 3.38. The standard InChI is InChI=1S/C15H30N2O2/c1-2-19-13-15(18)12-16-8-6-7-14(11-16)17-9-4-3-5-10-17/h14-15,18H,2-13H2,1H3/t14-,15+/m0/s1. The number of β-amino-alcohol motifs (C(OH)–C–C–N with tert-alkyl or cyclic N) is 1. The minimum atomic E-state index is -0.333. The van der Waals surface area contributed by atoms with Crippen LogP contribution in [0, 0.1) is 0 Å². The second-order valence-corrected chi connectivity index (χ2v) is 5.97. The zero-order valence-corrected chi connectivity index (χ0v) is 12.4. The highest BCUT2D eigenvalue weighted by atomic mass is 16.5. The number of aliphatic hydroxyl groups excluding tert-OH is 1. The van der Waals surface area contributed by atoms with E-state index in [0.29, 0.717) is 19.3 Å². The summed E-state index contributed by atoms with van der Waals surface area (Å²) in [6.07, 6.45) is 6.40. The Kier molecular flexibility index (Phi) is 6.57. The zero-order chi connectivity index (χ0) is 13.5. The number of hydrogen-bond donors (Lipinski definition) is 1. The van der Waals surface area contributed by atoms with Crippen LogP contribution in [0.1, 0.15) is 39.0 Å². The molecule has 0 bridgehead atoms. The van der Waals surface area contributed by atoms with E-state index in [4.69, 9.17) is 4.74 Å². The van der Waals surface area contributed by atoms with Gasteiger partial charge in [-0.15, -0.1) is 0 Å². The van der Waals surface area contributed by atoms with Crippen LogP contribution in [-0.2, 0) is 4.74 Å². The molecule has 2 aliphatic heterocycles. The molecule has 2 fully saturated rings. The molecule has 0 spiro atoms. The molecule has 2 heterocycles. The first-order valence-corrected chi connectivity index (χ1v) is 8.01. The Morgan fingerprint density at radius 1 is 1.16 bits per heavy atom. The molecule has 0 amide bonds. The molecule has 2 saturated heterocycles.